The Hall–Kier alpha value is -2.44. The summed E-state index contributed by atoms with van der Waals surface area (Å²) < 4.78 is 19.9. The fourth-order valence-electron chi connectivity index (χ4n) is 1.98. The van der Waals surface area contributed by atoms with Gasteiger partial charge in [0.1, 0.15) is 17.1 Å². The Morgan fingerprint density at radius 3 is 2.83 bits per heavy atom. The number of benzene rings is 1. The van der Waals surface area contributed by atoms with E-state index >= 15 is 0 Å². The number of hydrogen-bond donors (Lipinski definition) is 1. The van der Waals surface area contributed by atoms with Gasteiger partial charge in [-0.25, -0.2) is 9.07 Å². The fourth-order valence-corrected chi connectivity index (χ4v) is 1.98. The molecular weight excluding hydrogens is 239 g/mol. The van der Waals surface area contributed by atoms with Gasteiger partial charge in [-0.15, -0.1) is 15.3 Å². The van der Waals surface area contributed by atoms with E-state index in [0.29, 0.717) is 21.9 Å². The molecule has 2 heterocycles. The molecule has 6 nitrogen and oxygen atoms in total. The Morgan fingerprint density at radius 2 is 2.11 bits per heavy atom. The standard InChI is InChI=1S/C11H9FN4O2/c1-16-10-8(11(17)15-16)6-3-5(12)4-7(18-2)9(6)13-14-10/h3-4H,1-2H3,(H,15,17). The van der Waals surface area contributed by atoms with Crippen LogP contribution < -0.4 is 4.74 Å². The Kier molecular flexibility index (Phi) is 2.09. The number of nitrogens with zero attached hydrogens (tertiary/aromatic N) is 4. The van der Waals surface area contributed by atoms with Gasteiger partial charge in [0.05, 0.1) is 12.5 Å². The van der Waals surface area contributed by atoms with Crippen molar-refractivity contribution in [1.82, 2.24) is 20.0 Å². The van der Waals surface area contributed by atoms with E-state index in [1.807, 2.05) is 0 Å². The number of aromatic hydroxyl groups is 1. The van der Waals surface area contributed by atoms with Crippen LogP contribution in [0.15, 0.2) is 12.1 Å². The first-order valence-electron chi connectivity index (χ1n) is 5.17. The molecular formula is C11H9FN4O2. The molecule has 0 spiro atoms. The van der Waals surface area contributed by atoms with Crippen molar-refractivity contribution >= 4 is 21.9 Å². The van der Waals surface area contributed by atoms with Crippen molar-refractivity contribution in [3.8, 4) is 11.6 Å². The molecule has 18 heavy (non-hydrogen) atoms. The highest BCUT2D eigenvalue weighted by Crippen LogP contribution is 2.33. The second-order valence-corrected chi connectivity index (χ2v) is 3.85. The number of ether oxygens (including phenoxy) is 1. The number of methoxy groups -OCH3 is 1. The summed E-state index contributed by atoms with van der Waals surface area (Å²) >= 11 is 0. The van der Waals surface area contributed by atoms with Gasteiger partial charge in [0.15, 0.2) is 5.65 Å². The highest BCUT2D eigenvalue weighted by atomic mass is 19.1. The Labute approximate surface area is 101 Å². The van der Waals surface area contributed by atoms with E-state index < -0.39 is 5.82 Å². The van der Waals surface area contributed by atoms with Crippen molar-refractivity contribution in [2.24, 2.45) is 7.05 Å². The maximum absolute atomic E-state index is 13.5. The number of aromatic nitrogens is 4. The number of aryl methyl sites for hydroxylation is 1. The van der Waals surface area contributed by atoms with Crippen molar-refractivity contribution in [3.05, 3.63) is 17.9 Å². The lowest BCUT2D eigenvalue weighted by Gasteiger charge is -2.05. The minimum atomic E-state index is -0.475. The van der Waals surface area contributed by atoms with Crippen LogP contribution in [0.1, 0.15) is 0 Å². The van der Waals surface area contributed by atoms with Gasteiger partial charge in [-0.3, -0.25) is 0 Å². The van der Waals surface area contributed by atoms with Crippen LogP contribution in [-0.4, -0.2) is 32.2 Å². The summed E-state index contributed by atoms with van der Waals surface area (Å²) in [4.78, 5) is 0. The molecule has 0 aliphatic heterocycles. The van der Waals surface area contributed by atoms with E-state index in [1.165, 1.54) is 23.9 Å². The normalized spacial score (nSPS) is 11.3. The summed E-state index contributed by atoms with van der Waals surface area (Å²) in [5.41, 5.74) is 0.766. The van der Waals surface area contributed by atoms with Crippen LogP contribution in [0.25, 0.3) is 21.9 Å². The summed E-state index contributed by atoms with van der Waals surface area (Å²) in [5, 5.41) is 22.3. The van der Waals surface area contributed by atoms with E-state index in [1.54, 1.807) is 7.05 Å². The van der Waals surface area contributed by atoms with Gasteiger partial charge in [0.2, 0.25) is 5.88 Å². The summed E-state index contributed by atoms with van der Waals surface area (Å²) in [6.07, 6.45) is 0. The Bertz CT molecular complexity index is 769. The first-order valence-corrected chi connectivity index (χ1v) is 5.17. The van der Waals surface area contributed by atoms with E-state index in [0.717, 1.165) is 0 Å². The molecule has 0 saturated heterocycles. The second kappa shape index (κ2) is 3.52. The maximum atomic E-state index is 13.5. The molecule has 92 valence electrons. The summed E-state index contributed by atoms with van der Waals surface area (Å²) in [5.74, 6) is -0.417. The number of rotatable bonds is 1. The zero-order valence-corrected chi connectivity index (χ0v) is 9.68. The molecule has 3 aromatic rings. The smallest absolute Gasteiger partial charge is 0.240 e. The molecule has 0 radical (unpaired) electrons. The molecule has 0 atom stereocenters. The van der Waals surface area contributed by atoms with Crippen LogP contribution in [0.5, 0.6) is 11.6 Å². The predicted octanol–water partition coefficient (Wildman–Crippen LogP) is 1.37. The van der Waals surface area contributed by atoms with Crippen LogP contribution >= 0.6 is 0 Å². The third kappa shape index (κ3) is 1.30. The molecule has 7 heteroatoms. The molecule has 0 unspecified atom stereocenters. The molecule has 0 amide bonds. The monoisotopic (exact) mass is 248 g/mol. The lowest BCUT2D eigenvalue weighted by Crippen LogP contribution is -1.96. The van der Waals surface area contributed by atoms with Crippen molar-refractivity contribution in [1.29, 1.82) is 0 Å². The Morgan fingerprint density at radius 1 is 1.33 bits per heavy atom. The molecule has 0 aliphatic carbocycles. The molecule has 0 fully saturated rings. The quantitative estimate of drug-likeness (QED) is 0.704. The highest BCUT2D eigenvalue weighted by molar-refractivity contribution is 6.07. The molecule has 0 aliphatic rings. The van der Waals surface area contributed by atoms with Gasteiger partial charge in [-0.05, 0) is 6.07 Å². The van der Waals surface area contributed by atoms with Crippen LogP contribution in [0, 0.1) is 5.82 Å². The van der Waals surface area contributed by atoms with E-state index in [2.05, 4.69) is 15.3 Å². The van der Waals surface area contributed by atoms with E-state index in [-0.39, 0.29) is 11.6 Å². The second-order valence-electron chi connectivity index (χ2n) is 3.85. The average Bonchev–Trinajstić information content (AvgIpc) is 2.64. The van der Waals surface area contributed by atoms with Crippen molar-refractivity contribution in [2.75, 3.05) is 7.11 Å². The summed E-state index contributed by atoms with van der Waals surface area (Å²) in [6.45, 7) is 0. The minimum absolute atomic E-state index is 0.208. The number of hydrogen-bond acceptors (Lipinski definition) is 5. The average molecular weight is 248 g/mol. The van der Waals surface area contributed by atoms with Crippen LogP contribution in [0.4, 0.5) is 4.39 Å². The van der Waals surface area contributed by atoms with Gasteiger partial charge in [-0.1, -0.05) is 0 Å². The number of fused-ring (bicyclic) bond motifs is 3. The van der Waals surface area contributed by atoms with Gasteiger partial charge in [-0.2, -0.15) is 0 Å². The SMILES string of the molecule is COc1cc(F)cc2c1nnc1c2c(O)nn1C. The van der Waals surface area contributed by atoms with Crippen LogP contribution in [0.2, 0.25) is 0 Å². The highest BCUT2D eigenvalue weighted by Gasteiger charge is 2.17. The molecule has 3 rings (SSSR count). The van der Waals surface area contributed by atoms with Gasteiger partial charge >= 0.3 is 0 Å². The zero-order chi connectivity index (χ0) is 12.9. The lowest BCUT2D eigenvalue weighted by molar-refractivity contribution is 0.415. The Balaban J connectivity index is 2.58. The summed E-state index contributed by atoms with van der Waals surface area (Å²) in [7, 11) is 3.04. The molecule has 1 N–H and O–H groups in total. The maximum Gasteiger partial charge on any atom is 0.240 e. The van der Waals surface area contributed by atoms with Crippen LogP contribution in [-0.2, 0) is 7.05 Å². The minimum Gasteiger partial charge on any atom is -0.494 e. The lowest BCUT2D eigenvalue weighted by atomic mass is 10.1. The molecule has 1 aromatic carbocycles. The molecule has 2 aromatic heterocycles. The third-order valence-corrected chi connectivity index (χ3v) is 2.77. The summed E-state index contributed by atoms with van der Waals surface area (Å²) in [6, 6.07) is 2.49. The van der Waals surface area contributed by atoms with Gasteiger partial charge < -0.3 is 9.84 Å². The molecule has 0 saturated carbocycles. The van der Waals surface area contributed by atoms with Gasteiger partial charge in [0, 0.05) is 18.5 Å². The van der Waals surface area contributed by atoms with E-state index in [9.17, 15) is 9.50 Å². The largest absolute Gasteiger partial charge is 0.494 e. The van der Waals surface area contributed by atoms with Gasteiger partial charge in [0.25, 0.3) is 0 Å². The fraction of sp³-hybridized carbons (Fsp3) is 0.182. The zero-order valence-electron chi connectivity index (χ0n) is 9.68. The van der Waals surface area contributed by atoms with Crippen LogP contribution in [0.3, 0.4) is 0 Å². The van der Waals surface area contributed by atoms with Crippen molar-refractivity contribution < 1.29 is 14.2 Å². The van der Waals surface area contributed by atoms with E-state index in [4.69, 9.17) is 4.74 Å². The predicted molar refractivity (Wildman–Crippen MR) is 62.0 cm³/mol. The third-order valence-electron chi connectivity index (χ3n) is 2.77. The molecule has 0 bridgehead atoms. The first-order chi connectivity index (χ1) is 8.61. The number of halogens is 1. The van der Waals surface area contributed by atoms with Crippen molar-refractivity contribution in [3.63, 3.8) is 0 Å². The first kappa shape index (κ1) is 10.7. The topological polar surface area (TPSA) is 73.1 Å². The van der Waals surface area contributed by atoms with Crippen molar-refractivity contribution in [2.45, 2.75) is 0 Å².